The van der Waals surface area contributed by atoms with Crippen LogP contribution in [0.15, 0.2) is 21.8 Å². The highest BCUT2D eigenvalue weighted by Gasteiger charge is 2.25. The van der Waals surface area contributed by atoms with Crippen LogP contribution in [-0.4, -0.2) is 23.4 Å². The average Bonchev–Trinajstić information content (AvgIpc) is 2.66. The van der Waals surface area contributed by atoms with Crippen LogP contribution in [0.2, 0.25) is 0 Å². The Bertz CT molecular complexity index is 757. The second kappa shape index (κ2) is 4.98. The predicted octanol–water partition coefficient (Wildman–Crippen LogP) is 1.24. The number of sulfonamides is 1. The Morgan fingerprint density at radius 3 is 2.55 bits per heavy atom. The summed E-state index contributed by atoms with van der Waals surface area (Å²) in [6, 6.07) is 1.34. The lowest BCUT2D eigenvalue weighted by atomic mass is 10.2. The van der Waals surface area contributed by atoms with Crippen molar-refractivity contribution in [2.75, 3.05) is 10.5 Å². The number of nitrogens with zero attached hydrogens (tertiary/aromatic N) is 3. The number of aromatic nitrogens is 3. The number of rotatable bonds is 3. The second-order valence-corrected chi connectivity index (χ2v) is 6.12. The molecule has 7 nitrogen and oxygen atoms in total. The lowest BCUT2D eigenvalue weighted by Gasteiger charge is -2.10. The second-order valence-electron chi connectivity index (χ2n) is 3.77. The van der Waals surface area contributed by atoms with Crippen LogP contribution in [0.4, 0.5) is 20.2 Å². The summed E-state index contributed by atoms with van der Waals surface area (Å²) in [7, 11) is -2.81. The van der Waals surface area contributed by atoms with Crippen molar-refractivity contribution in [3.63, 3.8) is 0 Å². The summed E-state index contributed by atoms with van der Waals surface area (Å²) in [6.07, 6.45) is 0. The van der Waals surface area contributed by atoms with Gasteiger partial charge in [-0.05, 0) is 22.0 Å². The molecule has 0 saturated heterocycles. The van der Waals surface area contributed by atoms with Gasteiger partial charge in [0.25, 0.3) is 10.0 Å². The Kier molecular flexibility index (Phi) is 3.65. The molecule has 3 N–H and O–H groups in total. The molecule has 0 aliphatic rings. The first-order valence-corrected chi connectivity index (χ1v) is 7.32. The molecule has 0 spiro atoms. The lowest BCUT2D eigenvalue weighted by molar-refractivity contribution is 0.574. The molecular weight excluding hydrogens is 360 g/mol. The number of halogens is 3. The zero-order valence-corrected chi connectivity index (χ0v) is 12.3. The molecule has 20 heavy (non-hydrogen) atoms. The maximum atomic E-state index is 13.5. The van der Waals surface area contributed by atoms with Gasteiger partial charge in [0.2, 0.25) is 5.03 Å². The van der Waals surface area contributed by atoms with Gasteiger partial charge >= 0.3 is 0 Å². The molecule has 0 fully saturated rings. The van der Waals surface area contributed by atoms with E-state index in [1.54, 1.807) is 0 Å². The largest absolute Gasteiger partial charge is 0.396 e. The van der Waals surface area contributed by atoms with Crippen LogP contribution in [0.3, 0.4) is 0 Å². The Balaban J connectivity index is 2.47. The van der Waals surface area contributed by atoms with E-state index in [-0.39, 0.29) is 15.3 Å². The van der Waals surface area contributed by atoms with Crippen LogP contribution in [0.5, 0.6) is 0 Å². The molecule has 1 aromatic carbocycles. The average molecular weight is 368 g/mol. The molecule has 0 aliphatic heterocycles. The van der Waals surface area contributed by atoms with Crippen LogP contribution in [0.1, 0.15) is 0 Å². The SMILES string of the molecule is Cn1nnc(Br)c1S(=O)(=O)Nc1cc(N)c(F)cc1F. The number of hydrogen-bond donors (Lipinski definition) is 2. The minimum absolute atomic E-state index is 0.0389. The maximum Gasteiger partial charge on any atom is 0.282 e. The van der Waals surface area contributed by atoms with E-state index in [1.165, 1.54) is 7.05 Å². The van der Waals surface area contributed by atoms with Crippen molar-refractivity contribution in [3.8, 4) is 0 Å². The molecule has 0 amide bonds. The van der Waals surface area contributed by atoms with E-state index < -0.39 is 27.3 Å². The Labute approximate surface area is 120 Å². The zero-order chi connectivity index (χ0) is 15.1. The molecule has 1 heterocycles. The summed E-state index contributed by atoms with van der Waals surface area (Å²) >= 11 is 2.92. The van der Waals surface area contributed by atoms with Gasteiger partial charge in [0.05, 0.1) is 11.4 Å². The summed E-state index contributed by atoms with van der Waals surface area (Å²) in [6.45, 7) is 0. The van der Waals surface area contributed by atoms with Crippen molar-refractivity contribution in [3.05, 3.63) is 28.4 Å². The van der Waals surface area contributed by atoms with Crippen LogP contribution >= 0.6 is 15.9 Å². The molecule has 0 unspecified atom stereocenters. The molecule has 2 rings (SSSR count). The molecule has 2 aromatic rings. The third kappa shape index (κ3) is 2.58. The molecule has 0 bridgehead atoms. The fourth-order valence-corrected chi connectivity index (χ4v) is 3.60. The van der Waals surface area contributed by atoms with Crippen molar-refractivity contribution in [1.82, 2.24) is 15.0 Å². The first-order chi connectivity index (χ1) is 9.22. The molecule has 0 radical (unpaired) electrons. The highest BCUT2D eigenvalue weighted by Crippen LogP contribution is 2.25. The quantitative estimate of drug-likeness (QED) is 0.794. The van der Waals surface area contributed by atoms with Crippen molar-refractivity contribution in [2.24, 2.45) is 7.05 Å². The highest BCUT2D eigenvalue weighted by molar-refractivity contribution is 9.10. The van der Waals surface area contributed by atoms with E-state index in [0.29, 0.717) is 6.07 Å². The number of anilines is 2. The Morgan fingerprint density at radius 1 is 1.35 bits per heavy atom. The van der Waals surface area contributed by atoms with Crippen molar-refractivity contribution in [1.29, 1.82) is 0 Å². The molecule has 11 heteroatoms. The van der Waals surface area contributed by atoms with Crippen LogP contribution in [0, 0.1) is 11.6 Å². The Morgan fingerprint density at radius 2 is 2.00 bits per heavy atom. The number of nitrogens with one attached hydrogen (secondary N) is 1. The standard InChI is InChI=1S/C9H8BrF2N5O2S/c1-17-9(8(10)14-16-17)20(18,19)15-7-3-6(13)4(11)2-5(7)12/h2-3,15H,13H2,1H3. The summed E-state index contributed by atoms with van der Waals surface area (Å²) in [4.78, 5) is 0. The van der Waals surface area contributed by atoms with Gasteiger partial charge in [0, 0.05) is 13.1 Å². The van der Waals surface area contributed by atoms with Gasteiger partial charge in [0.15, 0.2) is 4.60 Å². The van der Waals surface area contributed by atoms with E-state index in [2.05, 4.69) is 26.2 Å². The monoisotopic (exact) mass is 367 g/mol. The molecule has 1 aromatic heterocycles. The lowest BCUT2D eigenvalue weighted by Crippen LogP contribution is -2.18. The summed E-state index contributed by atoms with van der Waals surface area (Å²) in [5.74, 6) is -2.07. The van der Waals surface area contributed by atoms with E-state index in [0.717, 1.165) is 10.7 Å². The van der Waals surface area contributed by atoms with Crippen LogP contribution < -0.4 is 10.5 Å². The summed E-state index contributed by atoms with van der Waals surface area (Å²) in [5.41, 5.74) is 4.41. The third-order valence-corrected chi connectivity index (χ3v) is 4.57. The van der Waals surface area contributed by atoms with Crippen LogP contribution in [-0.2, 0) is 17.1 Å². The first kappa shape index (κ1) is 14.7. The van der Waals surface area contributed by atoms with E-state index in [4.69, 9.17) is 5.73 Å². The van der Waals surface area contributed by atoms with E-state index >= 15 is 0 Å². The van der Waals surface area contributed by atoms with Gasteiger partial charge < -0.3 is 5.73 Å². The van der Waals surface area contributed by atoms with Gasteiger partial charge in [-0.3, -0.25) is 4.72 Å². The highest BCUT2D eigenvalue weighted by atomic mass is 79.9. The van der Waals surface area contributed by atoms with Crippen molar-refractivity contribution < 1.29 is 17.2 Å². The van der Waals surface area contributed by atoms with Gasteiger partial charge in [-0.25, -0.2) is 13.5 Å². The summed E-state index contributed by atoms with van der Waals surface area (Å²) < 4.78 is 53.7. The maximum absolute atomic E-state index is 13.5. The first-order valence-electron chi connectivity index (χ1n) is 5.05. The molecule has 0 aliphatic carbocycles. The van der Waals surface area contributed by atoms with Gasteiger partial charge in [-0.15, -0.1) is 5.10 Å². The van der Waals surface area contributed by atoms with Gasteiger partial charge in [0.1, 0.15) is 11.6 Å². The Hall–Kier alpha value is -1.75. The minimum Gasteiger partial charge on any atom is -0.396 e. The number of nitrogen functional groups attached to an aromatic ring is 1. The minimum atomic E-state index is -4.16. The molecule has 108 valence electrons. The zero-order valence-electron chi connectivity index (χ0n) is 9.93. The fourth-order valence-electron chi connectivity index (χ4n) is 1.45. The van der Waals surface area contributed by atoms with E-state index in [1.807, 2.05) is 4.72 Å². The molecular formula is C9H8BrF2N5O2S. The number of hydrogen-bond acceptors (Lipinski definition) is 5. The summed E-state index contributed by atoms with van der Waals surface area (Å²) in [5, 5.41) is 6.70. The van der Waals surface area contributed by atoms with Gasteiger partial charge in [-0.2, -0.15) is 8.42 Å². The number of aryl methyl sites for hydroxylation is 1. The normalized spacial score (nSPS) is 11.6. The molecule has 0 atom stereocenters. The fraction of sp³-hybridized carbons (Fsp3) is 0.111. The number of nitrogens with two attached hydrogens (primary N) is 1. The van der Waals surface area contributed by atoms with E-state index in [9.17, 15) is 17.2 Å². The smallest absolute Gasteiger partial charge is 0.282 e. The van der Waals surface area contributed by atoms with Gasteiger partial charge in [-0.1, -0.05) is 5.21 Å². The van der Waals surface area contributed by atoms with Crippen LogP contribution in [0.25, 0.3) is 0 Å². The molecule has 0 saturated carbocycles. The number of benzene rings is 1. The van der Waals surface area contributed by atoms with Crippen molar-refractivity contribution >= 4 is 37.3 Å². The predicted molar refractivity (Wildman–Crippen MR) is 70.3 cm³/mol. The third-order valence-electron chi connectivity index (χ3n) is 2.32. The van der Waals surface area contributed by atoms with Crippen molar-refractivity contribution in [2.45, 2.75) is 5.03 Å². The topological polar surface area (TPSA) is 103 Å².